The summed E-state index contributed by atoms with van der Waals surface area (Å²) in [5, 5.41) is 1.28. The first kappa shape index (κ1) is 10.6. The van der Waals surface area contributed by atoms with Gasteiger partial charge in [-0.05, 0) is 36.9 Å². The van der Waals surface area contributed by atoms with Gasteiger partial charge < -0.3 is 16.5 Å². The van der Waals surface area contributed by atoms with Crippen molar-refractivity contribution in [2.24, 2.45) is 5.73 Å². The van der Waals surface area contributed by atoms with E-state index in [2.05, 4.69) is 9.97 Å². The summed E-state index contributed by atoms with van der Waals surface area (Å²) in [7, 11) is 0. The van der Waals surface area contributed by atoms with Crippen LogP contribution in [0, 0.1) is 0 Å². The highest BCUT2D eigenvalue weighted by atomic mass is 16.1. The molecule has 5 N–H and O–H groups in total. The normalized spacial score (nSPS) is 10.8. The van der Waals surface area contributed by atoms with Crippen LogP contribution >= 0.6 is 0 Å². The summed E-state index contributed by atoms with van der Waals surface area (Å²) in [4.78, 5) is 18.5. The molecule has 0 bridgehead atoms. The topological polar surface area (TPSA) is 97.8 Å². The molecule has 0 aliphatic carbocycles. The molecule has 0 saturated heterocycles. The zero-order valence-corrected chi connectivity index (χ0v) is 8.86. The van der Waals surface area contributed by atoms with Crippen molar-refractivity contribution in [1.82, 2.24) is 9.97 Å². The minimum absolute atomic E-state index is 0.185. The van der Waals surface area contributed by atoms with E-state index >= 15 is 0 Å². The third kappa shape index (κ3) is 1.90. The largest absolute Gasteiger partial charge is 0.383 e. The SMILES string of the molecule is NCCCc1cc2ccnc(N)c2c(=O)[nH]1. The maximum atomic E-state index is 11.8. The van der Waals surface area contributed by atoms with E-state index in [0.29, 0.717) is 11.9 Å². The number of anilines is 1. The second-order valence-electron chi connectivity index (χ2n) is 3.68. The van der Waals surface area contributed by atoms with Crippen LogP contribution in [0.1, 0.15) is 12.1 Å². The highest BCUT2D eigenvalue weighted by Gasteiger charge is 2.05. The van der Waals surface area contributed by atoms with Gasteiger partial charge in [0.15, 0.2) is 0 Å². The van der Waals surface area contributed by atoms with Crippen LogP contribution in [0.2, 0.25) is 0 Å². The summed E-state index contributed by atoms with van der Waals surface area (Å²) in [6.45, 7) is 0.610. The lowest BCUT2D eigenvalue weighted by Gasteiger charge is -2.04. The van der Waals surface area contributed by atoms with Crippen molar-refractivity contribution >= 4 is 16.6 Å². The Balaban J connectivity index is 2.55. The molecule has 2 aromatic heterocycles. The maximum absolute atomic E-state index is 11.8. The van der Waals surface area contributed by atoms with Gasteiger partial charge in [0.1, 0.15) is 5.82 Å². The Hall–Kier alpha value is -1.88. The lowest BCUT2D eigenvalue weighted by atomic mass is 10.1. The Labute approximate surface area is 92.5 Å². The number of H-pyrrole nitrogens is 1. The predicted molar refractivity (Wildman–Crippen MR) is 64.2 cm³/mol. The Morgan fingerprint density at radius 3 is 3.00 bits per heavy atom. The van der Waals surface area contributed by atoms with Crippen LogP contribution < -0.4 is 17.0 Å². The van der Waals surface area contributed by atoms with E-state index in [4.69, 9.17) is 11.5 Å². The molecule has 0 spiro atoms. The number of nitrogens with zero attached hydrogens (tertiary/aromatic N) is 1. The third-order valence-electron chi connectivity index (χ3n) is 2.49. The van der Waals surface area contributed by atoms with E-state index in [-0.39, 0.29) is 11.4 Å². The molecule has 0 aliphatic rings. The predicted octanol–water partition coefficient (Wildman–Crippen LogP) is 0.397. The lowest BCUT2D eigenvalue weighted by molar-refractivity contribution is 0.809. The zero-order valence-electron chi connectivity index (χ0n) is 8.86. The van der Waals surface area contributed by atoms with Crippen molar-refractivity contribution in [3.63, 3.8) is 0 Å². The van der Waals surface area contributed by atoms with Crippen LogP contribution in [0.15, 0.2) is 23.1 Å². The van der Waals surface area contributed by atoms with Crippen LogP contribution in [-0.4, -0.2) is 16.5 Å². The molecule has 0 radical (unpaired) electrons. The molecule has 2 heterocycles. The fourth-order valence-corrected chi connectivity index (χ4v) is 1.72. The standard InChI is InChI=1S/C11H14N4O/c12-4-1-2-8-6-7-3-5-14-10(13)9(7)11(16)15-8/h3,5-6H,1-2,4,12H2,(H2,13,14)(H,15,16). The molecular weight excluding hydrogens is 204 g/mol. The van der Waals surface area contributed by atoms with Crippen molar-refractivity contribution in [1.29, 1.82) is 0 Å². The summed E-state index contributed by atoms with van der Waals surface area (Å²) in [6.07, 6.45) is 3.22. The average Bonchev–Trinajstić information content (AvgIpc) is 2.26. The van der Waals surface area contributed by atoms with Gasteiger partial charge in [0, 0.05) is 11.9 Å². The first-order valence-corrected chi connectivity index (χ1v) is 5.19. The number of aryl methyl sites for hydroxylation is 1. The quantitative estimate of drug-likeness (QED) is 0.694. The van der Waals surface area contributed by atoms with E-state index in [9.17, 15) is 4.79 Å². The van der Waals surface area contributed by atoms with E-state index in [0.717, 1.165) is 23.9 Å². The van der Waals surface area contributed by atoms with Gasteiger partial charge in [-0.3, -0.25) is 4.79 Å². The second-order valence-corrected chi connectivity index (χ2v) is 3.68. The van der Waals surface area contributed by atoms with E-state index in [1.165, 1.54) is 0 Å². The first-order chi connectivity index (χ1) is 7.72. The van der Waals surface area contributed by atoms with Crippen molar-refractivity contribution in [2.75, 3.05) is 12.3 Å². The number of nitrogens with two attached hydrogens (primary N) is 2. The van der Waals surface area contributed by atoms with Crippen molar-refractivity contribution in [3.8, 4) is 0 Å². The Morgan fingerprint density at radius 2 is 2.25 bits per heavy atom. The molecule has 84 valence electrons. The van der Waals surface area contributed by atoms with Crippen LogP contribution in [0.4, 0.5) is 5.82 Å². The molecule has 0 aliphatic heterocycles. The molecule has 0 atom stereocenters. The van der Waals surface area contributed by atoms with Gasteiger partial charge >= 0.3 is 0 Å². The number of nitrogen functional groups attached to an aromatic ring is 1. The lowest BCUT2D eigenvalue weighted by Crippen LogP contribution is -2.12. The van der Waals surface area contributed by atoms with Crippen LogP contribution in [0.25, 0.3) is 10.8 Å². The number of rotatable bonds is 3. The minimum atomic E-state index is -0.185. The number of pyridine rings is 2. The molecule has 0 unspecified atom stereocenters. The smallest absolute Gasteiger partial charge is 0.259 e. The van der Waals surface area contributed by atoms with Gasteiger partial charge in [-0.2, -0.15) is 0 Å². The number of fused-ring (bicyclic) bond motifs is 1. The van der Waals surface area contributed by atoms with Gasteiger partial charge in [0.25, 0.3) is 5.56 Å². The molecule has 5 heteroatoms. The summed E-state index contributed by atoms with van der Waals surface area (Å²) in [5.41, 5.74) is 11.8. The molecule has 0 amide bonds. The third-order valence-corrected chi connectivity index (χ3v) is 2.49. The first-order valence-electron chi connectivity index (χ1n) is 5.19. The highest BCUT2D eigenvalue weighted by Crippen LogP contribution is 2.14. The molecule has 0 aromatic carbocycles. The van der Waals surface area contributed by atoms with E-state index < -0.39 is 0 Å². The van der Waals surface area contributed by atoms with Crippen molar-refractivity contribution in [3.05, 3.63) is 34.4 Å². The van der Waals surface area contributed by atoms with Gasteiger partial charge in [-0.1, -0.05) is 0 Å². The number of hydrogen-bond donors (Lipinski definition) is 3. The monoisotopic (exact) mass is 218 g/mol. The van der Waals surface area contributed by atoms with E-state index in [1.54, 1.807) is 12.3 Å². The Bertz CT molecular complexity index is 561. The molecule has 0 saturated carbocycles. The molecule has 2 aromatic rings. The fraction of sp³-hybridized carbons (Fsp3) is 0.273. The molecule has 5 nitrogen and oxygen atoms in total. The summed E-state index contributed by atoms with van der Waals surface area (Å²) < 4.78 is 0. The van der Waals surface area contributed by atoms with Crippen molar-refractivity contribution in [2.45, 2.75) is 12.8 Å². The van der Waals surface area contributed by atoms with Crippen molar-refractivity contribution < 1.29 is 0 Å². The average molecular weight is 218 g/mol. The van der Waals surface area contributed by atoms with E-state index in [1.807, 2.05) is 6.07 Å². The number of nitrogens with one attached hydrogen (secondary N) is 1. The van der Waals surface area contributed by atoms with Crippen LogP contribution in [0.3, 0.4) is 0 Å². The summed E-state index contributed by atoms with van der Waals surface area (Å²) >= 11 is 0. The molecule has 0 fully saturated rings. The van der Waals surface area contributed by atoms with Gasteiger partial charge in [-0.15, -0.1) is 0 Å². The molecule has 16 heavy (non-hydrogen) atoms. The summed E-state index contributed by atoms with van der Waals surface area (Å²) in [6, 6.07) is 3.71. The highest BCUT2D eigenvalue weighted by molar-refractivity contribution is 5.89. The molecular formula is C11H14N4O. The van der Waals surface area contributed by atoms with Gasteiger partial charge in [-0.25, -0.2) is 4.98 Å². The maximum Gasteiger partial charge on any atom is 0.259 e. The van der Waals surface area contributed by atoms with Crippen LogP contribution in [0.5, 0.6) is 0 Å². The zero-order chi connectivity index (χ0) is 11.5. The summed E-state index contributed by atoms with van der Waals surface area (Å²) in [5.74, 6) is 0.268. The van der Waals surface area contributed by atoms with Gasteiger partial charge in [0.2, 0.25) is 0 Å². The number of hydrogen-bond acceptors (Lipinski definition) is 4. The Kier molecular flexibility index (Phi) is 2.87. The van der Waals surface area contributed by atoms with Crippen LogP contribution in [-0.2, 0) is 6.42 Å². The minimum Gasteiger partial charge on any atom is -0.383 e. The number of aromatic nitrogens is 2. The van der Waals surface area contributed by atoms with Gasteiger partial charge in [0.05, 0.1) is 5.39 Å². The molecule has 2 rings (SSSR count). The Morgan fingerprint density at radius 1 is 1.44 bits per heavy atom. The second kappa shape index (κ2) is 4.32. The number of aromatic amines is 1. The fourth-order valence-electron chi connectivity index (χ4n) is 1.72.